The van der Waals surface area contributed by atoms with E-state index in [9.17, 15) is 14.0 Å². The molecule has 2 aliphatic heterocycles. The van der Waals surface area contributed by atoms with E-state index in [4.69, 9.17) is 9.47 Å². The molecular formula is C20H19FN2O4. The number of carbonyl (C=O) groups is 2. The highest BCUT2D eigenvalue weighted by atomic mass is 19.1. The average molecular weight is 370 g/mol. The van der Waals surface area contributed by atoms with Crippen LogP contribution >= 0.6 is 0 Å². The Hall–Kier alpha value is -3.09. The van der Waals surface area contributed by atoms with Crippen molar-refractivity contribution in [2.24, 2.45) is 5.92 Å². The zero-order valence-corrected chi connectivity index (χ0v) is 14.8. The van der Waals surface area contributed by atoms with Gasteiger partial charge in [0.25, 0.3) is 0 Å². The van der Waals surface area contributed by atoms with E-state index in [2.05, 4.69) is 5.32 Å². The zero-order valence-electron chi connectivity index (χ0n) is 14.8. The molecule has 2 aromatic carbocycles. The van der Waals surface area contributed by atoms with Crippen molar-refractivity contribution in [1.82, 2.24) is 5.32 Å². The molecule has 2 aliphatic rings. The molecule has 1 fully saturated rings. The molecule has 0 aromatic heterocycles. The minimum atomic E-state index is -0.507. The Balaban J connectivity index is 1.39. The van der Waals surface area contributed by atoms with Crippen LogP contribution in [-0.4, -0.2) is 25.2 Å². The lowest BCUT2D eigenvalue weighted by Crippen LogP contribution is -2.32. The number of benzene rings is 2. The van der Waals surface area contributed by atoms with E-state index in [-0.39, 0.29) is 37.3 Å². The minimum absolute atomic E-state index is 0.0697. The van der Waals surface area contributed by atoms with Gasteiger partial charge in [0, 0.05) is 19.5 Å². The van der Waals surface area contributed by atoms with E-state index in [1.54, 1.807) is 25.1 Å². The van der Waals surface area contributed by atoms with Gasteiger partial charge in [-0.3, -0.25) is 9.59 Å². The van der Waals surface area contributed by atoms with Gasteiger partial charge in [-0.05, 0) is 42.3 Å². The fourth-order valence-corrected chi connectivity index (χ4v) is 3.33. The normalized spacial score (nSPS) is 18.1. The summed E-state index contributed by atoms with van der Waals surface area (Å²) >= 11 is 0. The van der Waals surface area contributed by atoms with E-state index >= 15 is 0 Å². The molecule has 0 aliphatic carbocycles. The van der Waals surface area contributed by atoms with E-state index < -0.39 is 11.7 Å². The number of nitrogens with one attached hydrogen (secondary N) is 1. The fraction of sp³-hybridized carbons (Fsp3) is 0.300. The third-order valence-corrected chi connectivity index (χ3v) is 4.79. The van der Waals surface area contributed by atoms with Gasteiger partial charge >= 0.3 is 0 Å². The first-order valence-corrected chi connectivity index (χ1v) is 8.74. The molecule has 1 unspecified atom stereocenters. The van der Waals surface area contributed by atoms with Gasteiger partial charge in [0.2, 0.25) is 18.6 Å². The van der Waals surface area contributed by atoms with Crippen LogP contribution in [0.4, 0.5) is 10.1 Å². The van der Waals surface area contributed by atoms with Crippen molar-refractivity contribution < 1.29 is 23.5 Å². The van der Waals surface area contributed by atoms with Gasteiger partial charge in [0.15, 0.2) is 11.5 Å². The molecule has 2 amide bonds. The molecule has 0 bridgehead atoms. The van der Waals surface area contributed by atoms with Gasteiger partial charge in [-0.25, -0.2) is 4.39 Å². The van der Waals surface area contributed by atoms with Crippen LogP contribution in [0.15, 0.2) is 36.4 Å². The lowest BCUT2D eigenvalue weighted by atomic mass is 10.1. The summed E-state index contributed by atoms with van der Waals surface area (Å²) in [5.41, 5.74) is 1.87. The summed E-state index contributed by atoms with van der Waals surface area (Å²) in [6, 6.07) is 10.2. The van der Waals surface area contributed by atoms with Gasteiger partial charge in [0.1, 0.15) is 5.82 Å². The summed E-state index contributed by atoms with van der Waals surface area (Å²) in [7, 11) is 0. The van der Waals surface area contributed by atoms with Gasteiger partial charge < -0.3 is 19.7 Å². The summed E-state index contributed by atoms with van der Waals surface area (Å²) in [5, 5.41) is 2.84. The fourth-order valence-electron chi connectivity index (χ4n) is 3.33. The van der Waals surface area contributed by atoms with Crippen molar-refractivity contribution >= 4 is 17.5 Å². The summed E-state index contributed by atoms with van der Waals surface area (Å²) in [6.45, 7) is 2.47. The smallest absolute Gasteiger partial charge is 0.231 e. The number of anilines is 1. The molecule has 0 spiro atoms. The molecule has 4 rings (SSSR count). The molecule has 140 valence electrons. The minimum Gasteiger partial charge on any atom is -0.454 e. The number of rotatable bonds is 4. The molecule has 7 heteroatoms. The molecule has 1 N–H and O–H groups in total. The number of ether oxygens (including phenoxy) is 2. The second-order valence-corrected chi connectivity index (χ2v) is 6.77. The van der Waals surface area contributed by atoms with Crippen molar-refractivity contribution in [3.8, 4) is 11.5 Å². The van der Waals surface area contributed by atoms with Crippen molar-refractivity contribution in [3.05, 3.63) is 53.3 Å². The molecule has 0 saturated carbocycles. The average Bonchev–Trinajstić information content (AvgIpc) is 3.26. The summed E-state index contributed by atoms with van der Waals surface area (Å²) in [5.74, 6) is -0.102. The summed E-state index contributed by atoms with van der Waals surface area (Å²) in [4.78, 5) is 26.1. The highest BCUT2D eigenvalue weighted by Gasteiger charge is 2.36. The molecule has 6 nitrogen and oxygen atoms in total. The Morgan fingerprint density at radius 1 is 1.22 bits per heavy atom. The van der Waals surface area contributed by atoms with Crippen LogP contribution in [0.2, 0.25) is 0 Å². The molecule has 27 heavy (non-hydrogen) atoms. The van der Waals surface area contributed by atoms with Crippen molar-refractivity contribution in [3.63, 3.8) is 0 Å². The number of nitrogens with zero attached hydrogens (tertiary/aromatic N) is 1. The first kappa shape index (κ1) is 17.3. The molecule has 1 atom stereocenters. The van der Waals surface area contributed by atoms with Gasteiger partial charge in [0.05, 0.1) is 11.6 Å². The van der Waals surface area contributed by atoms with Crippen LogP contribution in [0.1, 0.15) is 17.5 Å². The Labute approximate surface area is 155 Å². The van der Waals surface area contributed by atoms with E-state index in [0.29, 0.717) is 18.0 Å². The van der Waals surface area contributed by atoms with Crippen LogP contribution in [0.3, 0.4) is 0 Å². The van der Waals surface area contributed by atoms with Gasteiger partial charge in [-0.2, -0.15) is 0 Å². The van der Waals surface area contributed by atoms with E-state index in [0.717, 1.165) is 11.1 Å². The standard InChI is InChI=1S/C20H19FN2O4/c1-12-2-4-16(15(21)6-12)23-10-14(8-19(23)24)20(25)22-9-13-3-5-17-18(7-13)27-11-26-17/h2-7,14H,8-11H2,1H3,(H,22,25). The number of carbonyl (C=O) groups excluding carboxylic acids is 2. The molecule has 1 saturated heterocycles. The number of hydrogen-bond donors (Lipinski definition) is 1. The van der Waals surface area contributed by atoms with Crippen LogP contribution in [0.25, 0.3) is 0 Å². The maximum absolute atomic E-state index is 14.2. The van der Waals surface area contributed by atoms with Crippen molar-refractivity contribution in [1.29, 1.82) is 0 Å². The lowest BCUT2D eigenvalue weighted by Gasteiger charge is -2.18. The lowest BCUT2D eigenvalue weighted by molar-refractivity contribution is -0.126. The Bertz CT molecular complexity index is 915. The molecule has 2 aromatic rings. The first-order chi connectivity index (χ1) is 13.0. The Morgan fingerprint density at radius 2 is 2.04 bits per heavy atom. The van der Waals surface area contributed by atoms with E-state index in [1.165, 1.54) is 11.0 Å². The molecular weight excluding hydrogens is 351 g/mol. The van der Waals surface area contributed by atoms with Crippen LogP contribution in [-0.2, 0) is 16.1 Å². The third-order valence-electron chi connectivity index (χ3n) is 4.79. The summed E-state index contributed by atoms with van der Waals surface area (Å²) in [6.07, 6.45) is 0.0697. The largest absolute Gasteiger partial charge is 0.454 e. The number of aryl methyl sites for hydroxylation is 1. The Morgan fingerprint density at radius 3 is 2.85 bits per heavy atom. The highest BCUT2D eigenvalue weighted by molar-refractivity contribution is 6.00. The SMILES string of the molecule is Cc1ccc(N2CC(C(=O)NCc3ccc4c(c3)OCO4)CC2=O)c(F)c1. The second-order valence-electron chi connectivity index (χ2n) is 6.77. The maximum Gasteiger partial charge on any atom is 0.231 e. The van der Waals surface area contributed by atoms with Gasteiger partial charge in [-0.15, -0.1) is 0 Å². The quantitative estimate of drug-likeness (QED) is 0.898. The second kappa shape index (κ2) is 6.90. The monoisotopic (exact) mass is 370 g/mol. The topological polar surface area (TPSA) is 67.9 Å². The number of amides is 2. The zero-order chi connectivity index (χ0) is 19.0. The van der Waals surface area contributed by atoms with Crippen LogP contribution in [0.5, 0.6) is 11.5 Å². The first-order valence-electron chi connectivity index (χ1n) is 8.74. The summed E-state index contributed by atoms with van der Waals surface area (Å²) < 4.78 is 24.7. The van der Waals surface area contributed by atoms with Crippen molar-refractivity contribution in [2.45, 2.75) is 19.9 Å². The van der Waals surface area contributed by atoms with Gasteiger partial charge in [-0.1, -0.05) is 12.1 Å². The van der Waals surface area contributed by atoms with Crippen molar-refractivity contribution in [2.75, 3.05) is 18.2 Å². The predicted molar refractivity (Wildman–Crippen MR) is 96.0 cm³/mol. The molecule has 0 radical (unpaired) electrons. The predicted octanol–water partition coefficient (Wildman–Crippen LogP) is 2.53. The van der Waals surface area contributed by atoms with Crippen LogP contribution < -0.4 is 19.7 Å². The number of hydrogen-bond acceptors (Lipinski definition) is 4. The molecule has 2 heterocycles. The maximum atomic E-state index is 14.2. The number of fused-ring (bicyclic) bond motifs is 1. The Kier molecular flexibility index (Phi) is 4.43. The highest BCUT2D eigenvalue weighted by Crippen LogP contribution is 2.32. The van der Waals surface area contributed by atoms with E-state index in [1.807, 2.05) is 12.1 Å². The van der Waals surface area contributed by atoms with Crippen LogP contribution in [0, 0.1) is 18.7 Å². The third kappa shape index (κ3) is 3.45. The number of halogens is 1.